The Bertz CT molecular complexity index is 538. The Kier molecular flexibility index (Phi) is 3.62. The highest BCUT2D eigenvalue weighted by Crippen LogP contribution is 2.26. The molecule has 1 atom stereocenters. The first-order valence-corrected chi connectivity index (χ1v) is 5.64. The van der Waals surface area contributed by atoms with E-state index in [1.54, 1.807) is 17.8 Å². The van der Waals surface area contributed by atoms with Gasteiger partial charge in [-0.3, -0.25) is 4.68 Å². The SMILES string of the molecule is C[C@@H](O)c1ccc(F)cc1OCc1cnn(C)c1. The number of rotatable bonds is 4. The van der Waals surface area contributed by atoms with Crippen LogP contribution in [0.1, 0.15) is 24.2 Å². The second kappa shape index (κ2) is 5.18. The largest absolute Gasteiger partial charge is 0.488 e. The average Bonchev–Trinajstić information content (AvgIpc) is 2.72. The lowest BCUT2D eigenvalue weighted by Gasteiger charge is -2.12. The first kappa shape index (κ1) is 12.6. The van der Waals surface area contributed by atoms with Gasteiger partial charge in [-0.25, -0.2) is 4.39 Å². The fourth-order valence-corrected chi connectivity index (χ4v) is 1.69. The Labute approximate surface area is 105 Å². The van der Waals surface area contributed by atoms with Crippen LogP contribution >= 0.6 is 0 Å². The van der Waals surface area contributed by atoms with Crippen molar-refractivity contribution in [2.24, 2.45) is 7.05 Å². The van der Waals surface area contributed by atoms with Crippen LogP contribution in [0, 0.1) is 5.82 Å². The summed E-state index contributed by atoms with van der Waals surface area (Å²) >= 11 is 0. The zero-order valence-electron chi connectivity index (χ0n) is 10.3. The lowest BCUT2D eigenvalue weighted by Crippen LogP contribution is -2.01. The molecule has 1 aromatic carbocycles. The Morgan fingerprint density at radius 2 is 2.28 bits per heavy atom. The normalized spacial score (nSPS) is 12.4. The number of hydrogen-bond donors (Lipinski definition) is 1. The van der Waals surface area contributed by atoms with E-state index in [-0.39, 0.29) is 12.4 Å². The van der Waals surface area contributed by atoms with E-state index >= 15 is 0 Å². The molecule has 96 valence electrons. The minimum atomic E-state index is -0.700. The van der Waals surface area contributed by atoms with Crippen molar-refractivity contribution in [1.82, 2.24) is 9.78 Å². The van der Waals surface area contributed by atoms with E-state index < -0.39 is 6.10 Å². The van der Waals surface area contributed by atoms with Crippen molar-refractivity contribution in [3.05, 3.63) is 47.5 Å². The smallest absolute Gasteiger partial charge is 0.128 e. The number of nitrogens with zero attached hydrogens (tertiary/aromatic N) is 2. The molecule has 5 heteroatoms. The van der Waals surface area contributed by atoms with E-state index in [1.807, 2.05) is 13.2 Å². The molecule has 0 bridgehead atoms. The number of aliphatic hydroxyl groups excluding tert-OH is 1. The number of hydrogen-bond acceptors (Lipinski definition) is 3. The van der Waals surface area contributed by atoms with E-state index in [1.165, 1.54) is 18.2 Å². The summed E-state index contributed by atoms with van der Waals surface area (Å²) in [6, 6.07) is 4.11. The maximum atomic E-state index is 13.2. The number of aryl methyl sites for hydroxylation is 1. The fraction of sp³-hybridized carbons (Fsp3) is 0.308. The van der Waals surface area contributed by atoms with Gasteiger partial charge in [0.1, 0.15) is 18.2 Å². The molecule has 4 nitrogen and oxygen atoms in total. The molecule has 0 radical (unpaired) electrons. The van der Waals surface area contributed by atoms with Crippen LogP contribution in [0.3, 0.4) is 0 Å². The van der Waals surface area contributed by atoms with Gasteiger partial charge in [0.15, 0.2) is 0 Å². The number of halogens is 1. The molecule has 0 fully saturated rings. The molecular formula is C13H15FN2O2. The average molecular weight is 250 g/mol. The molecule has 2 rings (SSSR count). The van der Waals surface area contributed by atoms with Crippen LogP contribution in [-0.2, 0) is 13.7 Å². The summed E-state index contributed by atoms with van der Waals surface area (Å²) in [5.41, 5.74) is 1.46. The predicted octanol–water partition coefficient (Wildman–Crippen LogP) is 2.19. The van der Waals surface area contributed by atoms with Gasteiger partial charge in [-0.05, 0) is 19.1 Å². The predicted molar refractivity (Wildman–Crippen MR) is 64.6 cm³/mol. The third kappa shape index (κ3) is 2.87. The molecule has 2 aromatic rings. The maximum absolute atomic E-state index is 13.2. The van der Waals surface area contributed by atoms with E-state index in [9.17, 15) is 9.50 Å². The van der Waals surface area contributed by atoms with Gasteiger partial charge < -0.3 is 9.84 Å². The maximum Gasteiger partial charge on any atom is 0.128 e. The molecule has 0 saturated carbocycles. The zero-order chi connectivity index (χ0) is 13.1. The van der Waals surface area contributed by atoms with E-state index in [2.05, 4.69) is 5.10 Å². The first-order valence-electron chi connectivity index (χ1n) is 5.64. The van der Waals surface area contributed by atoms with Crippen LogP contribution in [0.25, 0.3) is 0 Å². The molecule has 0 saturated heterocycles. The summed E-state index contributed by atoms with van der Waals surface area (Å²) < 4.78 is 20.4. The summed E-state index contributed by atoms with van der Waals surface area (Å²) in [6.45, 7) is 1.90. The van der Waals surface area contributed by atoms with Crippen molar-refractivity contribution >= 4 is 0 Å². The van der Waals surface area contributed by atoms with Crippen LogP contribution in [0.2, 0.25) is 0 Å². The van der Waals surface area contributed by atoms with Crippen molar-refractivity contribution in [3.8, 4) is 5.75 Å². The van der Waals surface area contributed by atoms with Gasteiger partial charge in [0.25, 0.3) is 0 Å². The summed E-state index contributed by atoms with van der Waals surface area (Å²) in [5, 5.41) is 13.6. The highest BCUT2D eigenvalue weighted by atomic mass is 19.1. The zero-order valence-corrected chi connectivity index (χ0v) is 10.3. The highest BCUT2D eigenvalue weighted by Gasteiger charge is 2.10. The standard InChI is InChI=1S/C13H15FN2O2/c1-9(17)12-4-3-11(14)5-13(12)18-8-10-6-15-16(2)7-10/h3-7,9,17H,8H2,1-2H3/t9-/m1/s1. The molecule has 18 heavy (non-hydrogen) atoms. The van der Waals surface area contributed by atoms with Crippen LogP contribution in [-0.4, -0.2) is 14.9 Å². The van der Waals surface area contributed by atoms with Crippen molar-refractivity contribution in [2.75, 3.05) is 0 Å². The van der Waals surface area contributed by atoms with E-state index in [0.29, 0.717) is 11.3 Å². The van der Waals surface area contributed by atoms with E-state index in [0.717, 1.165) is 5.56 Å². The molecule has 1 N–H and O–H groups in total. The Morgan fingerprint density at radius 3 is 2.89 bits per heavy atom. The first-order chi connectivity index (χ1) is 8.56. The Morgan fingerprint density at radius 1 is 1.50 bits per heavy atom. The summed E-state index contributed by atoms with van der Waals surface area (Å²) in [7, 11) is 1.81. The van der Waals surface area contributed by atoms with Crippen molar-refractivity contribution in [2.45, 2.75) is 19.6 Å². The van der Waals surface area contributed by atoms with Crippen molar-refractivity contribution in [1.29, 1.82) is 0 Å². The highest BCUT2D eigenvalue weighted by molar-refractivity contribution is 5.35. The lowest BCUT2D eigenvalue weighted by molar-refractivity contribution is 0.190. The lowest BCUT2D eigenvalue weighted by atomic mass is 10.1. The molecular weight excluding hydrogens is 235 g/mol. The summed E-state index contributed by atoms with van der Waals surface area (Å²) in [6.07, 6.45) is 2.80. The van der Waals surface area contributed by atoms with Gasteiger partial charge in [-0.2, -0.15) is 5.10 Å². The number of aliphatic hydroxyl groups is 1. The second-order valence-electron chi connectivity index (χ2n) is 4.17. The second-order valence-corrected chi connectivity index (χ2v) is 4.17. The Hall–Kier alpha value is -1.88. The minimum absolute atomic E-state index is 0.289. The van der Waals surface area contributed by atoms with Crippen LogP contribution in [0.15, 0.2) is 30.6 Å². The minimum Gasteiger partial charge on any atom is -0.488 e. The fourth-order valence-electron chi connectivity index (χ4n) is 1.69. The van der Waals surface area contributed by atoms with Crippen LogP contribution < -0.4 is 4.74 Å². The van der Waals surface area contributed by atoms with Gasteiger partial charge in [-0.1, -0.05) is 0 Å². The molecule has 0 spiro atoms. The number of ether oxygens (including phenoxy) is 1. The summed E-state index contributed by atoms with van der Waals surface area (Å²) in [5.74, 6) is -0.0329. The van der Waals surface area contributed by atoms with Crippen LogP contribution in [0.5, 0.6) is 5.75 Å². The summed E-state index contributed by atoms with van der Waals surface area (Å²) in [4.78, 5) is 0. The molecule has 1 aromatic heterocycles. The molecule has 1 heterocycles. The third-order valence-electron chi connectivity index (χ3n) is 2.58. The molecule has 0 aliphatic carbocycles. The third-order valence-corrected chi connectivity index (χ3v) is 2.58. The molecule has 0 unspecified atom stereocenters. The Balaban J connectivity index is 2.15. The molecule has 0 amide bonds. The van der Waals surface area contributed by atoms with Crippen LogP contribution in [0.4, 0.5) is 4.39 Å². The number of aromatic nitrogens is 2. The van der Waals surface area contributed by atoms with Gasteiger partial charge >= 0.3 is 0 Å². The van der Waals surface area contributed by atoms with Crippen molar-refractivity contribution < 1.29 is 14.2 Å². The van der Waals surface area contributed by atoms with Gasteiger partial charge in [0, 0.05) is 30.4 Å². The van der Waals surface area contributed by atoms with E-state index in [4.69, 9.17) is 4.74 Å². The van der Waals surface area contributed by atoms with Gasteiger partial charge in [0.05, 0.1) is 12.3 Å². The monoisotopic (exact) mass is 250 g/mol. The number of benzene rings is 1. The van der Waals surface area contributed by atoms with Gasteiger partial charge in [0.2, 0.25) is 0 Å². The molecule has 0 aliphatic heterocycles. The molecule has 0 aliphatic rings. The quantitative estimate of drug-likeness (QED) is 0.904. The van der Waals surface area contributed by atoms with Crippen molar-refractivity contribution in [3.63, 3.8) is 0 Å². The topological polar surface area (TPSA) is 47.3 Å². The van der Waals surface area contributed by atoms with Gasteiger partial charge in [-0.15, -0.1) is 0 Å².